The van der Waals surface area contributed by atoms with Crippen LogP contribution in [0.15, 0.2) is 30.5 Å². The van der Waals surface area contributed by atoms with Crippen molar-refractivity contribution in [1.82, 2.24) is 10.3 Å². The van der Waals surface area contributed by atoms with Crippen molar-refractivity contribution in [3.05, 3.63) is 36.0 Å². The molecule has 104 valence electrons. The lowest BCUT2D eigenvalue weighted by molar-refractivity contribution is -0.144. The van der Waals surface area contributed by atoms with Crippen LogP contribution in [0.2, 0.25) is 0 Å². The lowest BCUT2D eigenvalue weighted by atomic mass is 9.95. The second kappa shape index (κ2) is 4.37. The number of H-pyrrole nitrogens is 1. The first-order valence-electron chi connectivity index (χ1n) is 6.64. The van der Waals surface area contributed by atoms with Crippen LogP contribution in [0.1, 0.15) is 30.1 Å². The third-order valence-electron chi connectivity index (χ3n) is 4.04. The lowest BCUT2D eigenvalue weighted by Gasteiger charge is -2.26. The van der Waals surface area contributed by atoms with Gasteiger partial charge in [0.05, 0.1) is 11.1 Å². The standard InChI is InChI=1S/C15H16N2O3/c1-15(14(19)20,10-5-6-10)17-13(18)11-4-2-3-9-7-8-16-12(9)11/h2-4,7-8,10,16H,5-6H2,1H3,(H,17,18)(H,19,20)/t15-/m1/s1. The van der Waals surface area contributed by atoms with Gasteiger partial charge in [0.2, 0.25) is 0 Å². The average Bonchev–Trinajstić information content (AvgIpc) is 3.16. The van der Waals surface area contributed by atoms with Crippen LogP contribution in [0.25, 0.3) is 10.9 Å². The highest BCUT2D eigenvalue weighted by molar-refractivity contribution is 6.07. The van der Waals surface area contributed by atoms with Crippen molar-refractivity contribution < 1.29 is 14.7 Å². The molecule has 5 heteroatoms. The molecule has 0 bridgehead atoms. The molecule has 0 saturated heterocycles. The number of carboxylic acid groups (broad SMARTS) is 1. The fraction of sp³-hybridized carbons (Fsp3) is 0.333. The van der Waals surface area contributed by atoms with Gasteiger partial charge in [0.15, 0.2) is 0 Å². The number of benzene rings is 1. The molecule has 0 unspecified atom stereocenters. The Labute approximate surface area is 116 Å². The van der Waals surface area contributed by atoms with Crippen LogP contribution < -0.4 is 5.32 Å². The zero-order valence-electron chi connectivity index (χ0n) is 11.1. The van der Waals surface area contributed by atoms with E-state index in [1.807, 2.05) is 12.1 Å². The number of carbonyl (C=O) groups is 2. The number of hydrogen-bond acceptors (Lipinski definition) is 2. The highest BCUT2D eigenvalue weighted by atomic mass is 16.4. The molecule has 3 N–H and O–H groups in total. The third kappa shape index (κ3) is 1.95. The van der Waals surface area contributed by atoms with Crippen LogP contribution in [-0.4, -0.2) is 27.5 Å². The monoisotopic (exact) mass is 272 g/mol. The summed E-state index contributed by atoms with van der Waals surface area (Å²) in [6.07, 6.45) is 3.45. The van der Waals surface area contributed by atoms with E-state index in [1.54, 1.807) is 25.3 Å². The average molecular weight is 272 g/mol. The van der Waals surface area contributed by atoms with Gasteiger partial charge in [-0.15, -0.1) is 0 Å². The summed E-state index contributed by atoms with van der Waals surface area (Å²) in [7, 11) is 0. The first kappa shape index (κ1) is 12.7. The van der Waals surface area contributed by atoms with Gasteiger partial charge in [0.25, 0.3) is 5.91 Å². The van der Waals surface area contributed by atoms with Gasteiger partial charge in [-0.05, 0) is 37.8 Å². The van der Waals surface area contributed by atoms with Crippen LogP contribution in [0, 0.1) is 5.92 Å². The summed E-state index contributed by atoms with van der Waals surface area (Å²) >= 11 is 0. The Morgan fingerprint density at radius 1 is 1.35 bits per heavy atom. The smallest absolute Gasteiger partial charge is 0.329 e. The second-order valence-corrected chi connectivity index (χ2v) is 5.48. The molecule has 1 amide bonds. The molecule has 1 saturated carbocycles. The van der Waals surface area contributed by atoms with Crippen molar-refractivity contribution in [1.29, 1.82) is 0 Å². The zero-order valence-corrected chi connectivity index (χ0v) is 11.1. The number of carbonyl (C=O) groups excluding carboxylic acids is 1. The van der Waals surface area contributed by atoms with E-state index in [0.717, 1.165) is 23.7 Å². The van der Waals surface area contributed by atoms with Crippen molar-refractivity contribution in [2.24, 2.45) is 5.92 Å². The summed E-state index contributed by atoms with van der Waals surface area (Å²) in [5, 5.41) is 13.0. The molecular weight excluding hydrogens is 256 g/mol. The van der Waals surface area contributed by atoms with Crippen molar-refractivity contribution in [3.8, 4) is 0 Å². The van der Waals surface area contributed by atoms with E-state index in [2.05, 4.69) is 10.3 Å². The van der Waals surface area contributed by atoms with Crippen LogP contribution in [0.4, 0.5) is 0 Å². The normalized spacial score (nSPS) is 17.6. The highest BCUT2D eigenvalue weighted by Gasteiger charge is 2.48. The molecular formula is C15H16N2O3. The SMILES string of the molecule is C[C@](NC(=O)c1cccc2cc[nH]c12)(C(=O)O)C1CC1. The van der Waals surface area contributed by atoms with Gasteiger partial charge in [0.1, 0.15) is 5.54 Å². The maximum atomic E-state index is 12.4. The molecule has 3 rings (SSSR count). The van der Waals surface area contributed by atoms with E-state index in [0.29, 0.717) is 5.56 Å². The summed E-state index contributed by atoms with van der Waals surface area (Å²) < 4.78 is 0. The maximum absolute atomic E-state index is 12.4. The molecule has 0 aliphatic heterocycles. The van der Waals surface area contributed by atoms with E-state index in [1.165, 1.54) is 0 Å². The third-order valence-corrected chi connectivity index (χ3v) is 4.04. The first-order valence-corrected chi connectivity index (χ1v) is 6.64. The Kier molecular flexibility index (Phi) is 2.78. The summed E-state index contributed by atoms with van der Waals surface area (Å²) in [6.45, 7) is 1.58. The van der Waals surface area contributed by atoms with Crippen molar-refractivity contribution in [3.63, 3.8) is 0 Å². The maximum Gasteiger partial charge on any atom is 0.329 e. The van der Waals surface area contributed by atoms with E-state index >= 15 is 0 Å². The summed E-state index contributed by atoms with van der Waals surface area (Å²) in [5.74, 6) is -1.31. The van der Waals surface area contributed by atoms with Gasteiger partial charge in [-0.25, -0.2) is 4.79 Å². The number of nitrogens with one attached hydrogen (secondary N) is 2. The molecule has 1 aromatic heterocycles. The van der Waals surface area contributed by atoms with Gasteiger partial charge in [-0.2, -0.15) is 0 Å². The molecule has 20 heavy (non-hydrogen) atoms. The molecule has 1 aromatic carbocycles. The largest absolute Gasteiger partial charge is 0.480 e. The number of aliphatic carboxylic acids is 1. The highest BCUT2D eigenvalue weighted by Crippen LogP contribution is 2.40. The first-order chi connectivity index (χ1) is 9.52. The Morgan fingerprint density at radius 2 is 2.10 bits per heavy atom. The number of amides is 1. The molecule has 1 aliphatic rings. The van der Waals surface area contributed by atoms with Gasteiger partial charge < -0.3 is 15.4 Å². The molecule has 0 radical (unpaired) electrons. The quantitative estimate of drug-likeness (QED) is 0.797. The van der Waals surface area contributed by atoms with Gasteiger partial charge in [0, 0.05) is 11.6 Å². The lowest BCUT2D eigenvalue weighted by Crippen LogP contribution is -2.54. The van der Waals surface area contributed by atoms with Crippen LogP contribution in [0.5, 0.6) is 0 Å². The second-order valence-electron chi connectivity index (χ2n) is 5.48. The number of rotatable bonds is 4. The molecule has 2 aromatic rings. The van der Waals surface area contributed by atoms with Crippen LogP contribution in [-0.2, 0) is 4.79 Å². The summed E-state index contributed by atoms with van der Waals surface area (Å²) in [5.41, 5.74) is 0.0143. The summed E-state index contributed by atoms with van der Waals surface area (Å²) in [4.78, 5) is 26.9. The van der Waals surface area contributed by atoms with Crippen LogP contribution >= 0.6 is 0 Å². The molecule has 1 atom stereocenters. The Morgan fingerprint density at radius 3 is 2.75 bits per heavy atom. The number of para-hydroxylation sites is 1. The van der Waals surface area contributed by atoms with Crippen molar-refractivity contribution in [2.45, 2.75) is 25.3 Å². The Balaban J connectivity index is 1.93. The number of hydrogen-bond donors (Lipinski definition) is 3. The number of aromatic amines is 1. The number of aromatic nitrogens is 1. The van der Waals surface area contributed by atoms with Gasteiger partial charge >= 0.3 is 5.97 Å². The summed E-state index contributed by atoms with van der Waals surface area (Å²) in [6, 6.07) is 7.27. The predicted octanol–water partition coefficient (Wildman–Crippen LogP) is 2.15. The Hall–Kier alpha value is -2.30. The van der Waals surface area contributed by atoms with Gasteiger partial charge in [-0.3, -0.25) is 4.79 Å². The fourth-order valence-electron chi connectivity index (χ4n) is 2.57. The topological polar surface area (TPSA) is 82.2 Å². The fourth-order valence-corrected chi connectivity index (χ4v) is 2.57. The van der Waals surface area contributed by atoms with E-state index < -0.39 is 11.5 Å². The van der Waals surface area contributed by atoms with E-state index in [9.17, 15) is 14.7 Å². The molecule has 5 nitrogen and oxygen atoms in total. The molecule has 1 heterocycles. The van der Waals surface area contributed by atoms with E-state index in [-0.39, 0.29) is 11.8 Å². The minimum Gasteiger partial charge on any atom is -0.480 e. The molecule has 1 aliphatic carbocycles. The number of carboxylic acids is 1. The van der Waals surface area contributed by atoms with E-state index in [4.69, 9.17) is 0 Å². The minimum atomic E-state index is -1.19. The minimum absolute atomic E-state index is 0.0202. The number of fused-ring (bicyclic) bond motifs is 1. The predicted molar refractivity (Wildman–Crippen MR) is 74.5 cm³/mol. The Bertz CT molecular complexity index is 687. The molecule has 0 spiro atoms. The van der Waals surface area contributed by atoms with Crippen molar-refractivity contribution in [2.75, 3.05) is 0 Å². The van der Waals surface area contributed by atoms with Gasteiger partial charge in [-0.1, -0.05) is 12.1 Å². The zero-order chi connectivity index (χ0) is 14.3. The van der Waals surface area contributed by atoms with Crippen LogP contribution in [0.3, 0.4) is 0 Å². The molecule has 1 fully saturated rings. The van der Waals surface area contributed by atoms with Crippen molar-refractivity contribution >= 4 is 22.8 Å².